The Morgan fingerprint density at radius 3 is 0.549 bits per heavy atom. The molecule has 0 radical (unpaired) electrons. The Hall–Kier alpha value is -1.86. The first kappa shape index (κ1) is 73.4. The first-order valence-electron chi connectivity index (χ1n) is 30.0. The molecule has 0 aromatic heterocycles. The number of rotatable bonds is 11. The molecule has 0 aromatic rings. The fourth-order valence-corrected chi connectivity index (χ4v) is 12.6. The Morgan fingerprint density at radius 1 is 0.231 bits per heavy atom. The van der Waals surface area contributed by atoms with Gasteiger partial charge in [0, 0.05) is 52.4 Å². The highest BCUT2D eigenvalue weighted by Crippen LogP contribution is 2.40. The topological polar surface area (TPSA) is 669 Å². The van der Waals surface area contributed by atoms with E-state index in [4.69, 9.17) is 126 Å². The van der Waals surface area contributed by atoms with Crippen molar-refractivity contribution < 1.29 is 157 Å². The largest absolute Gasteiger partial charge is 0.387 e. The van der Waals surface area contributed by atoms with Crippen molar-refractivity contribution in [3.63, 3.8) is 0 Å². The predicted octanol–water partition coefficient (Wildman–Crippen LogP) is -16.5. The van der Waals surface area contributed by atoms with Crippen molar-refractivity contribution >= 4 is 0 Å². The first-order chi connectivity index (χ1) is 43.4. The summed E-state index contributed by atoms with van der Waals surface area (Å²) >= 11 is 0. The van der Waals surface area contributed by atoms with Gasteiger partial charge < -0.3 is 203 Å². The van der Waals surface area contributed by atoms with Crippen LogP contribution in [0, 0.1) is 0 Å². The minimum Gasteiger partial charge on any atom is -0.387 e. The summed E-state index contributed by atoms with van der Waals surface area (Å²) in [5.41, 5.74) is 48.7. The molecule has 30 fully saturated rings. The third kappa shape index (κ3) is 14.8. The van der Waals surface area contributed by atoms with Crippen molar-refractivity contribution in [3.05, 3.63) is 12.7 Å². The highest BCUT2D eigenvalue weighted by atomic mass is 16.8. The molecule has 40 heteroatoms. The fourth-order valence-electron chi connectivity index (χ4n) is 12.6. The summed E-state index contributed by atoms with van der Waals surface area (Å²) in [4.78, 5) is 0. The van der Waals surface area contributed by atoms with E-state index in [0.29, 0.717) is 0 Å². The summed E-state index contributed by atoms with van der Waals surface area (Å²) in [6.45, 7) is -0.491. The van der Waals surface area contributed by atoms with Gasteiger partial charge in [-0.2, -0.15) is 0 Å². The lowest BCUT2D eigenvalue weighted by atomic mass is 9.94. The lowest BCUT2D eigenvalue weighted by molar-refractivity contribution is -0.399. The van der Waals surface area contributed by atoms with Gasteiger partial charge in [-0.15, -0.1) is 6.58 Å². The smallest absolute Gasteiger partial charge is 0.187 e. The van der Waals surface area contributed by atoms with Gasteiger partial charge in [-0.1, -0.05) is 6.08 Å². The Morgan fingerprint density at radius 2 is 0.385 bits per heavy atom. The molecular weight excluding hydrogens is 1240 g/mol. The summed E-state index contributed by atoms with van der Waals surface area (Å²) in [5.74, 6) is 0. The molecule has 30 rings (SSSR count). The number of nitrogens with two attached hydrogens (primary N) is 8. The molecule has 0 spiro atoms. The second kappa shape index (κ2) is 31.8. The standard InChI is InChI=1S/C51H92N8O32/c1-2-3-75-43-34(74)42-19(11-59)83-51(43)91-41-18(10-58)82-49(33(73)26(41)66)89-39-16(8-56)80-47(31(71)24(39)64)87-37-14(6-54)78-45(29(69)22(37)62)85-35-12(4-52)76-44(27(67)20(35)60)84-36-13(5-53)77-46(28(68)21(36)61)86-38-15(7-55)79-48(30(70)23(38)63)88-40-17(9-57)81-50(90-42)32(72)25(40)65/h2,12-51,60-74H,1,3-11,52-59H2. The SMILES string of the molecule is C=CCOC1C2OC(CN)C(OC3OC(CN)C(OC4OC(CN)C(OC5OC(CN)C(OC6OC(CN)C(OC7OC(CN)C(OC8OC(CN)C(OC9OC(CN)C(O2)C(O)C9O)C(O)C8O)C(O)C7O)C(O)C6O)C(O)C5O)C(O)C4O)C(O)C3O)C1O. The summed E-state index contributed by atoms with van der Waals surface area (Å²) < 4.78 is 102. The van der Waals surface area contributed by atoms with Crippen molar-refractivity contribution in [1.29, 1.82) is 0 Å². The van der Waals surface area contributed by atoms with E-state index < -0.39 is 298 Å². The molecule has 0 saturated carbocycles. The summed E-state index contributed by atoms with van der Waals surface area (Å²) in [6.07, 6.45) is -70.5. The van der Waals surface area contributed by atoms with Crippen molar-refractivity contribution in [2.45, 2.75) is 246 Å². The van der Waals surface area contributed by atoms with E-state index in [2.05, 4.69) is 6.58 Å². The van der Waals surface area contributed by atoms with E-state index >= 15 is 0 Å². The molecule has 30 heterocycles. The molecule has 40 unspecified atom stereocenters. The Labute approximate surface area is 519 Å². The van der Waals surface area contributed by atoms with Crippen molar-refractivity contribution in [1.82, 2.24) is 0 Å². The van der Waals surface area contributed by atoms with E-state index in [-0.39, 0.29) is 6.61 Å². The van der Waals surface area contributed by atoms with Crippen molar-refractivity contribution in [2.75, 3.05) is 59.0 Å². The molecule has 30 aliphatic rings. The van der Waals surface area contributed by atoms with Crippen LogP contribution in [0.15, 0.2) is 12.7 Å². The summed E-state index contributed by atoms with van der Waals surface area (Å²) in [7, 11) is 0. The van der Waals surface area contributed by atoms with Crippen LogP contribution in [0.2, 0.25) is 0 Å². The van der Waals surface area contributed by atoms with Gasteiger partial charge in [-0.25, -0.2) is 0 Å². The van der Waals surface area contributed by atoms with Crippen molar-refractivity contribution in [2.24, 2.45) is 45.9 Å². The lowest BCUT2D eigenvalue weighted by Crippen LogP contribution is -2.69. The molecule has 40 nitrogen and oxygen atoms in total. The van der Waals surface area contributed by atoms with Gasteiger partial charge >= 0.3 is 0 Å². The number of aliphatic hydroxyl groups is 15. The third-order valence-electron chi connectivity index (χ3n) is 17.7. The van der Waals surface area contributed by atoms with Crippen LogP contribution >= 0.6 is 0 Å². The molecule has 0 aliphatic carbocycles. The molecule has 31 N–H and O–H groups in total. The van der Waals surface area contributed by atoms with Crippen molar-refractivity contribution in [3.8, 4) is 0 Å². The molecule has 30 saturated heterocycles. The zero-order valence-corrected chi connectivity index (χ0v) is 49.0. The average molecular weight is 1330 g/mol. The molecule has 16 bridgehead atoms. The predicted molar refractivity (Wildman–Crippen MR) is 291 cm³/mol. The quantitative estimate of drug-likeness (QED) is 0.0854. The number of aliphatic hydroxyl groups excluding tert-OH is 15. The van der Waals surface area contributed by atoms with Crippen LogP contribution in [0.4, 0.5) is 0 Å². The minimum atomic E-state index is -2.09. The maximum absolute atomic E-state index is 12.0. The Kier molecular flexibility index (Phi) is 25.6. The van der Waals surface area contributed by atoms with Crippen LogP contribution in [0.3, 0.4) is 0 Å². The molecule has 40 atom stereocenters. The molecule has 0 amide bonds. The fraction of sp³-hybridized carbons (Fsp3) is 0.961. The van der Waals surface area contributed by atoms with Gasteiger partial charge in [-0.3, -0.25) is 0 Å². The van der Waals surface area contributed by atoms with Gasteiger partial charge in [0.05, 0.1) is 6.61 Å². The molecular formula is C51H92N8O32. The maximum atomic E-state index is 12.0. The molecule has 528 valence electrons. The zero-order chi connectivity index (χ0) is 66.2. The van der Waals surface area contributed by atoms with Crippen LogP contribution < -0.4 is 45.9 Å². The Bertz CT molecular complexity index is 2250. The van der Waals surface area contributed by atoms with E-state index in [1.165, 1.54) is 6.08 Å². The number of hydrogen-bond donors (Lipinski definition) is 23. The van der Waals surface area contributed by atoms with E-state index in [0.717, 1.165) is 0 Å². The number of ether oxygens (including phenoxy) is 17. The maximum Gasteiger partial charge on any atom is 0.187 e. The van der Waals surface area contributed by atoms with E-state index in [1.54, 1.807) is 0 Å². The molecule has 0 aromatic carbocycles. The van der Waals surface area contributed by atoms with E-state index in [9.17, 15) is 76.6 Å². The highest BCUT2D eigenvalue weighted by molar-refractivity contribution is 5.03. The molecule has 91 heavy (non-hydrogen) atoms. The van der Waals surface area contributed by atoms with Crippen LogP contribution in [-0.2, 0) is 80.5 Å². The van der Waals surface area contributed by atoms with E-state index in [1.807, 2.05) is 0 Å². The van der Waals surface area contributed by atoms with Gasteiger partial charge in [-0.05, 0) is 0 Å². The van der Waals surface area contributed by atoms with Gasteiger partial charge in [0.2, 0.25) is 0 Å². The second-order valence-corrected chi connectivity index (χ2v) is 23.5. The number of hydrogen-bond acceptors (Lipinski definition) is 40. The average Bonchev–Trinajstić information content (AvgIpc) is 1.31. The Balaban J connectivity index is 0.992. The van der Waals surface area contributed by atoms with Crippen LogP contribution in [0.5, 0.6) is 0 Å². The monoisotopic (exact) mass is 1330 g/mol. The third-order valence-corrected chi connectivity index (χ3v) is 17.7. The van der Waals surface area contributed by atoms with Crippen LogP contribution in [-0.4, -0.2) is 381 Å². The normalized spacial score (nSPS) is 53.9. The lowest BCUT2D eigenvalue weighted by Gasteiger charge is -2.51. The summed E-state index contributed by atoms with van der Waals surface area (Å²) in [6, 6.07) is 0. The van der Waals surface area contributed by atoms with Gasteiger partial charge in [0.25, 0.3) is 0 Å². The zero-order valence-electron chi connectivity index (χ0n) is 49.0. The minimum absolute atomic E-state index is 0.272. The highest BCUT2D eigenvalue weighted by Gasteiger charge is 2.60. The van der Waals surface area contributed by atoms with Crippen LogP contribution in [0.25, 0.3) is 0 Å². The summed E-state index contributed by atoms with van der Waals surface area (Å²) in [5, 5.41) is 174. The second-order valence-electron chi connectivity index (χ2n) is 23.5. The van der Waals surface area contributed by atoms with Crippen LogP contribution in [0.1, 0.15) is 0 Å². The van der Waals surface area contributed by atoms with Gasteiger partial charge in [0.1, 0.15) is 195 Å². The molecule has 30 aliphatic heterocycles. The van der Waals surface area contributed by atoms with Gasteiger partial charge in [0.15, 0.2) is 50.3 Å². The first-order valence-corrected chi connectivity index (χ1v) is 30.0.